The van der Waals surface area contributed by atoms with Crippen molar-refractivity contribution in [2.75, 3.05) is 5.32 Å². The van der Waals surface area contributed by atoms with E-state index >= 15 is 0 Å². The van der Waals surface area contributed by atoms with Gasteiger partial charge >= 0.3 is 5.69 Å². The first-order valence-electron chi connectivity index (χ1n) is 9.65. The maximum atomic E-state index is 12.7. The molecule has 3 aromatic heterocycles. The van der Waals surface area contributed by atoms with Crippen LogP contribution in [-0.4, -0.2) is 30.4 Å². The van der Waals surface area contributed by atoms with Gasteiger partial charge in [0.15, 0.2) is 5.76 Å². The van der Waals surface area contributed by atoms with E-state index in [-0.39, 0.29) is 18.0 Å². The van der Waals surface area contributed by atoms with Crippen molar-refractivity contribution in [2.45, 2.75) is 26.9 Å². The molecular weight excluding hydrogens is 436 g/mol. The standard InChI is InChI=1S/C21H19ClN6O4/c1-13-20(14(2)27(25-13)10-15-4-3-5-16(22)8-15)24-21(29)19-7-6-18(32-19)12-26-11-17(9-23-26)28(30)31/h3-9,11H,10,12H2,1-2H3,(H,24,29). The largest absolute Gasteiger partial charge is 0.454 e. The summed E-state index contributed by atoms with van der Waals surface area (Å²) in [5.41, 5.74) is 2.96. The molecular formula is C21H19ClN6O4. The lowest BCUT2D eigenvalue weighted by Gasteiger charge is -2.07. The molecule has 3 heterocycles. The highest BCUT2D eigenvalue weighted by Crippen LogP contribution is 2.23. The maximum absolute atomic E-state index is 12.7. The molecule has 4 aromatic rings. The van der Waals surface area contributed by atoms with Crippen molar-refractivity contribution < 1.29 is 14.1 Å². The molecule has 0 fully saturated rings. The summed E-state index contributed by atoms with van der Waals surface area (Å²) in [6.07, 6.45) is 2.45. The molecule has 0 saturated carbocycles. The number of anilines is 1. The fourth-order valence-corrected chi connectivity index (χ4v) is 3.51. The first-order valence-corrected chi connectivity index (χ1v) is 10.0. The number of aryl methyl sites for hydroxylation is 1. The minimum absolute atomic E-state index is 0.114. The number of halogens is 1. The second-order valence-electron chi connectivity index (χ2n) is 7.21. The second kappa shape index (κ2) is 8.67. The van der Waals surface area contributed by atoms with Crippen molar-refractivity contribution in [3.05, 3.63) is 92.4 Å². The molecule has 0 aliphatic carbocycles. The first-order chi connectivity index (χ1) is 15.3. The van der Waals surface area contributed by atoms with Gasteiger partial charge in [-0.2, -0.15) is 10.2 Å². The molecule has 0 bridgehead atoms. The molecule has 0 unspecified atom stereocenters. The highest BCUT2D eigenvalue weighted by Gasteiger charge is 2.18. The molecule has 1 amide bonds. The van der Waals surface area contributed by atoms with Gasteiger partial charge in [0.2, 0.25) is 0 Å². The molecule has 1 aromatic carbocycles. The Hall–Kier alpha value is -3.92. The van der Waals surface area contributed by atoms with E-state index in [1.165, 1.54) is 10.9 Å². The van der Waals surface area contributed by atoms with E-state index in [4.69, 9.17) is 16.0 Å². The van der Waals surface area contributed by atoms with Gasteiger partial charge in [0, 0.05) is 5.02 Å². The van der Waals surface area contributed by atoms with Gasteiger partial charge < -0.3 is 9.73 Å². The Labute approximate surface area is 187 Å². The third-order valence-corrected chi connectivity index (χ3v) is 5.11. The van der Waals surface area contributed by atoms with E-state index in [1.54, 1.807) is 16.8 Å². The van der Waals surface area contributed by atoms with Crippen LogP contribution in [0, 0.1) is 24.0 Å². The van der Waals surface area contributed by atoms with Gasteiger partial charge in [-0.05, 0) is 43.7 Å². The number of amides is 1. The highest BCUT2D eigenvalue weighted by molar-refractivity contribution is 6.30. The summed E-state index contributed by atoms with van der Waals surface area (Å²) in [5.74, 6) is 0.137. The summed E-state index contributed by atoms with van der Waals surface area (Å²) in [6.45, 7) is 4.37. The normalized spacial score (nSPS) is 11.0. The zero-order chi connectivity index (χ0) is 22.8. The van der Waals surface area contributed by atoms with Gasteiger partial charge in [-0.3, -0.25) is 24.3 Å². The molecule has 0 radical (unpaired) electrons. The molecule has 164 valence electrons. The van der Waals surface area contributed by atoms with Crippen molar-refractivity contribution in [2.24, 2.45) is 0 Å². The Morgan fingerprint density at radius 3 is 2.78 bits per heavy atom. The van der Waals surface area contributed by atoms with Crippen molar-refractivity contribution in [1.29, 1.82) is 0 Å². The smallest absolute Gasteiger partial charge is 0.307 e. The number of benzene rings is 1. The predicted octanol–water partition coefficient (Wildman–Crippen LogP) is 4.20. The van der Waals surface area contributed by atoms with Crippen LogP contribution in [0.2, 0.25) is 5.02 Å². The number of hydrogen-bond donors (Lipinski definition) is 1. The summed E-state index contributed by atoms with van der Waals surface area (Å²) in [6, 6.07) is 10.7. The number of hydrogen-bond acceptors (Lipinski definition) is 6. The molecule has 0 aliphatic rings. The molecule has 0 saturated heterocycles. The van der Waals surface area contributed by atoms with Gasteiger partial charge in [-0.25, -0.2) is 0 Å². The van der Waals surface area contributed by atoms with Crippen LogP contribution in [0.15, 0.2) is 53.2 Å². The van der Waals surface area contributed by atoms with E-state index in [0.717, 1.165) is 17.5 Å². The molecule has 1 N–H and O–H groups in total. The van der Waals surface area contributed by atoms with Gasteiger partial charge in [-0.15, -0.1) is 0 Å². The quantitative estimate of drug-likeness (QED) is 0.330. The summed E-state index contributed by atoms with van der Waals surface area (Å²) < 4.78 is 8.77. The van der Waals surface area contributed by atoms with Gasteiger partial charge in [0.25, 0.3) is 5.91 Å². The third kappa shape index (κ3) is 4.54. The van der Waals surface area contributed by atoms with Crippen LogP contribution in [0.1, 0.15) is 33.3 Å². The molecule has 0 aliphatic heterocycles. The molecule has 32 heavy (non-hydrogen) atoms. The molecule has 10 nitrogen and oxygen atoms in total. The van der Waals surface area contributed by atoms with Crippen molar-refractivity contribution in [3.63, 3.8) is 0 Å². The first kappa shape index (κ1) is 21.3. The summed E-state index contributed by atoms with van der Waals surface area (Å²) in [4.78, 5) is 23.0. The average Bonchev–Trinajstić information content (AvgIpc) is 3.46. The number of nitrogens with zero attached hydrogens (tertiary/aromatic N) is 5. The van der Waals surface area contributed by atoms with E-state index in [0.29, 0.717) is 28.7 Å². The van der Waals surface area contributed by atoms with Crippen LogP contribution in [-0.2, 0) is 13.1 Å². The van der Waals surface area contributed by atoms with Gasteiger partial charge in [0.05, 0.1) is 35.1 Å². The number of aromatic nitrogens is 4. The molecule has 4 rings (SSSR count). The maximum Gasteiger partial charge on any atom is 0.307 e. The Kier molecular flexibility index (Phi) is 5.78. The lowest BCUT2D eigenvalue weighted by atomic mass is 10.2. The highest BCUT2D eigenvalue weighted by atomic mass is 35.5. The second-order valence-corrected chi connectivity index (χ2v) is 7.64. The van der Waals surface area contributed by atoms with Crippen molar-refractivity contribution >= 4 is 28.9 Å². The van der Waals surface area contributed by atoms with Gasteiger partial charge in [-0.1, -0.05) is 23.7 Å². The number of furan rings is 1. The molecule has 0 spiro atoms. The van der Waals surface area contributed by atoms with Crippen molar-refractivity contribution in [1.82, 2.24) is 19.6 Å². The minimum Gasteiger partial charge on any atom is -0.454 e. The zero-order valence-corrected chi connectivity index (χ0v) is 18.0. The van der Waals surface area contributed by atoms with E-state index in [9.17, 15) is 14.9 Å². The van der Waals surface area contributed by atoms with Crippen LogP contribution in [0.25, 0.3) is 0 Å². The van der Waals surface area contributed by atoms with Crippen LogP contribution in [0.4, 0.5) is 11.4 Å². The Morgan fingerprint density at radius 1 is 1.25 bits per heavy atom. The third-order valence-electron chi connectivity index (χ3n) is 4.88. The Morgan fingerprint density at radius 2 is 2.06 bits per heavy atom. The average molecular weight is 455 g/mol. The lowest BCUT2D eigenvalue weighted by Crippen LogP contribution is -2.12. The number of rotatable bonds is 7. The van der Waals surface area contributed by atoms with Crippen LogP contribution in [0.3, 0.4) is 0 Å². The summed E-state index contributed by atoms with van der Waals surface area (Å²) in [5, 5.41) is 22.7. The topological polar surface area (TPSA) is 121 Å². The fraction of sp³-hybridized carbons (Fsp3) is 0.190. The minimum atomic E-state index is -0.526. The fourth-order valence-electron chi connectivity index (χ4n) is 3.29. The van der Waals surface area contributed by atoms with Crippen LogP contribution >= 0.6 is 11.6 Å². The molecule has 0 atom stereocenters. The number of nitrogens with one attached hydrogen (secondary N) is 1. The number of carbonyl (C=O) groups excluding carboxylic acids is 1. The van der Waals surface area contributed by atoms with Crippen molar-refractivity contribution in [3.8, 4) is 0 Å². The van der Waals surface area contributed by atoms with E-state index in [1.807, 2.05) is 38.1 Å². The van der Waals surface area contributed by atoms with E-state index in [2.05, 4.69) is 15.5 Å². The number of nitro groups is 1. The van der Waals surface area contributed by atoms with Crippen LogP contribution in [0.5, 0.6) is 0 Å². The SMILES string of the molecule is Cc1nn(Cc2cccc(Cl)c2)c(C)c1NC(=O)c1ccc(Cn2cc([N+](=O)[O-])cn2)o1. The van der Waals surface area contributed by atoms with Gasteiger partial charge in [0.1, 0.15) is 18.2 Å². The lowest BCUT2D eigenvalue weighted by molar-refractivity contribution is -0.385. The summed E-state index contributed by atoms with van der Waals surface area (Å²) in [7, 11) is 0. The Balaban J connectivity index is 1.46. The molecule has 11 heteroatoms. The zero-order valence-electron chi connectivity index (χ0n) is 17.3. The predicted molar refractivity (Wildman–Crippen MR) is 117 cm³/mol. The number of carbonyl (C=O) groups is 1. The summed E-state index contributed by atoms with van der Waals surface area (Å²) >= 11 is 6.06. The van der Waals surface area contributed by atoms with Crippen LogP contribution < -0.4 is 5.32 Å². The van der Waals surface area contributed by atoms with E-state index < -0.39 is 10.8 Å². The Bertz CT molecular complexity index is 1310. The monoisotopic (exact) mass is 454 g/mol.